The van der Waals surface area contributed by atoms with E-state index in [0.717, 1.165) is 38.9 Å². The quantitative estimate of drug-likeness (QED) is 0.0205. The van der Waals surface area contributed by atoms with Gasteiger partial charge < -0.3 is 63.6 Å². The molecule has 0 amide bonds. The Morgan fingerprint density at radius 3 is 1.25 bits per heavy atom. The molecule has 4 fully saturated rings. The molecule has 13 aromatic rings. The van der Waals surface area contributed by atoms with Crippen LogP contribution in [0.1, 0.15) is 129 Å². The number of hydrogen-bond donors (Lipinski definition) is 7. The number of aromatic nitrogens is 9. The fourth-order valence-corrected chi connectivity index (χ4v) is 16.6. The van der Waals surface area contributed by atoms with Crippen molar-refractivity contribution in [3.63, 3.8) is 0 Å². The van der Waals surface area contributed by atoms with E-state index in [2.05, 4.69) is 39.9 Å². The highest BCUT2D eigenvalue weighted by atomic mass is 35.5. The van der Waals surface area contributed by atoms with Gasteiger partial charge in [0.2, 0.25) is 0 Å². The number of anilines is 1. The average molecular weight is 1660 g/mol. The van der Waals surface area contributed by atoms with E-state index in [1.807, 2.05) is 135 Å². The number of nitrogens with two attached hydrogens (primary N) is 1. The van der Waals surface area contributed by atoms with E-state index < -0.39 is 84.4 Å². The Morgan fingerprint density at radius 2 is 0.807 bits per heavy atom. The lowest BCUT2D eigenvalue weighted by atomic mass is 9.92. The van der Waals surface area contributed by atoms with Crippen molar-refractivity contribution >= 4 is 121 Å². The lowest BCUT2D eigenvalue weighted by molar-refractivity contribution is -0.165. The Morgan fingerprint density at radius 1 is 0.447 bits per heavy atom. The molecule has 3 aliphatic carbocycles. The maximum Gasteiger partial charge on any atom is 0.338 e. The van der Waals surface area contributed by atoms with Crippen molar-refractivity contribution in [3.8, 4) is 22.3 Å². The highest BCUT2D eigenvalue weighted by Gasteiger charge is 2.58. The number of hydrogen-bond acceptors (Lipinski definition) is 19. The van der Waals surface area contributed by atoms with Crippen LogP contribution in [0.2, 0.25) is 25.4 Å². The van der Waals surface area contributed by atoms with E-state index >= 15 is 0 Å². The van der Waals surface area contributed by atoms with Gasteiger partial charge in [-0.25, -0.2) is 45.3 Å². The predicted molar refractivity (Wildman–Crippen MR) is 447 cm³/mol. The summed E-state index contributed by atoms with van der Waals surface area (Å²) >= 11 is 30.9. The summed E-state index contributed by atoms with van der Waals surface area (Å²) in [5, 5.41) is 58.9. The summed E-state index contributed by atoms with van der Waals surface area (Å²) in [4.78, 5) is 52.4. The highest BCUT2D eigenvalue weighted by molar-refractivity contribution is 6.34. The van der Waals surface area contributed by atoms with Crippen molar-refractivity contribution in [2.24, 2.45) is 23.6 Å². The maximum absolute atomic E-state index is 13.7. The van der Waals surface area contributed by atoms with E-state index in [9.17, 15) is 35.1 Å². The van der Waals surface area contributed by atoms with Gasteiger partial charge in [-0.3, -0.25) is 0 Å². The monoisotopic (exact) mass is 1660 g/mol. The minimum Gasteiger partial charge on any atom is -0.453 e. The predicted octanol–water partition coefficient (Wildman–Crippen LogP) is 18.1. The van der Waals surface area contributed by atoms with Gasteiger partial charge in [-0.05, 0) is 151 Å². The van der Waals surface area contributed by atoms with Crippen LogP contribution in [0.15, 0.2) is 238 Å². The number of aliphatic hydroxyl groups excluding tert-OH is 5. The molecule has 28 heteroatoms. The van der Waals surface area contributed by atoms with E-state index in [1.54, 1.807) is 106 Å². The van der Waals surface area contributed by atoms with E-state index in [-0.39, 0.29) is 58.9 Å². The number of carbonyl (C=O) groups excluding carboxylic acids is 2. The van der Waals surface area contributed by atoms with Crippen LogP contribution in [-0.2, 0) is 18.9 Å². The highest BCUT2D eigenvalue weighted by Crippen LogP contribution is 2.53. The van der Waals surface area contributed by atoms with Crippen LogP contribution >= 0.6 is 70.4 Å². The third-order valence-electron chi connectivity index (χ3n) is 21.2. The molecule has 594 valence electrons. The number of nitrogens with zero attached hydrogens (tertiary/aromatic N) is 9. The molecule has 0 spiro atoms. The van der Waals surface area contributed by atoms with Gasteiger partial charge in [0.25, 0.3) is 0 Å². The molecular weight excluding hydrogens is 1580 g/mol. The molecule has 6 aromatic heterocycles. The lowest BCUT2D eigenvalue weighted by Crippen LogP contribution is -2.32. The topological polar surface area (TPSA) is 302 Å². The van der Waals surface area contributed by atoms with E-state index in [4.69, 9.17) is 82.8 Å². The van der Waals surface area contributed by atoms with Crippen molar-refractivity contribution in [2.45, 2.75) is 134 Å². The van der Waals surface area contributed by atoms with Crippen molar-refractivity contribution in [3.05, 3.63) is 291 Å². The molecule has 17 rings (SSSR count). The minimum atomic E-state index is -1.17. The average Bonchev–Trinajstić information content (AvgIpc) is 1.58. The van der Waals surface area contributed by atoms with Crippen LogP contribution in [0.5, 0.6) is 0 Å². The fraction of sp³-hybridized carbons (Fsp3) is 0.279. The van der Waals surface area contributed by atoms with Crippen LogP contribution in [0, 0.1) is 17.8 Å². The van der Waals surface area contributed by atoms with Crippen LogP contribution in [0.4, 0.5) is 5.82 Å². The largest absolute Gasteiger partial charge is 0.453 e. The molecule has 7 aromatic carbocycles. The van der Waals surface area contributed by atoms with Crippen LogP contribution in [0.3, 0.4) is 0 Å². The standard InChI is InChI=1S/C34H29Cl2N3O4.C31H25Cl2N3O4.C18H20ClN5O3.3CH4.ClH/c1-34(2)42-29-26(18-27(30(29)43-34)39-17-16-25-31(36)37-19-38-32(25)39)28(22-12-14-24(35)15-13-22)41-33(40)23-10-8-21(9-11-23)20-6-4-3-5-7-20;32-22-12-10-20(11-13-22)28(40-31(39)21-8-6-19(7-9-21)18-4-2-1-3-5-18)24-16-25(27(38)26(24)37)36-15-14-23-29(33)34-17-35-30(23)36;19-10-3-1-9(2-4-10)14(25)12-7-13(16(27)15(12)26)24-6-5-11-17(23-20)21-8-22-18(11)24;;;;/h3-17,19,26-30H,18H2,1-2H3;1-15,17,24-28,37-38H,16H2;1-6,8,12-16,25-27H,7,20H2,(H,21,22,23);3*1H4;1H/t26-,27-,28-,29-,30+;24-,25+,26+,27-,28+;12-,13-,14-,15-,16+;;;;/m101..../s1. The minimum absolute atomic E-state index is 0. The first-order valence-corrected chi connectivity index (χ1v) is 37.6. The number of rotatable bonds is 16. The van der Waals surface area contributed by atoms with E-state index in [0.29, 0.717) is 94.8 Å². The second-order valence-corrected chi connectivity index (χ2v) is 30.2. The third kappa shape index (κ3) is 17.5. The van der Waals surface area contributed by atoms with Gasteiger partial charge in [0.1, 0.15) is 76.7 Å². The van der Waals surface area contributed by atoms with Gasteiger partial charge in [0.15, 0.2) is 11.6 Å². The smallest absolute Gasteiger partial charge is 0.338 e. The summed E-state index contributed by atoms with van der Waals surface area (Å²) in [7, 11) is 0. The van der Waals surface area contributed by atoms with Gasteiger partial charge in [-0.2, -0.15) is 0 Å². The van der Waals surface area contributed by atoms with E-state index in [1.165, 1.54) is 19.0 Å². The molecule has 0 radical (unpaired) electrons. The van der Waals surface area contributed by atoms with Crippen LogP contribution in [0.25, 0.3) is 55.4 Å². The molecule has 22 nitrogen and oxygen atoms in total. The zero-order chi connectivity index (χ0) is 76.6. The number of aliphatic hydroxyl groups is 5. The number of hydrazine groups is 1. The molecule has 4 aliphatic rings. The molecule has 1 saturated heterocycles. The summed E-state index contributed by atoms with van der Waals surface area (Å²) in [5.41, 5.74) is 11.5. The molecule has 8 N–H and O–H groups in total. The second kappa shape index (κ2) is 36.6. The zero-order valence-corrected chi connectivity index (χ0v) is 64.0. The zero-order valence-electron chi connectivity index (χ0n) is 59.4. The Bertz CT molecular complexity index is 5410. The van der Waals surface area contributed by atoms with Crippen molar-refractivity contribution in [1.82, 2.24) is 43.6 Å². The molecule has 1 aliphatic heterocycles. The maximum atomic E-state index is 13.7. The number of ether oxygens (including phenoxy) is 4. The summed E-state index contributed by atoms with van der Waals surface area (Å²) in [6.45, 7) is 3.81. The molecule has 7 heterocycles. The fourth-order valence-electron chi connectivity index (χ4n) is 15.8. The van der Waals surface area contributed by atoms with Crippen molar-refractivity contribution in [1.29, 1.82) is 0 Å². The Labute approximate surface area is 690 Å². The third-order valence-corrected chi connectivity index (χ3v) is 22.6. The summed E-state index contributed by atoms with van der Waals surface area (Å²) < 4.78 is 31.1. The summed E-state index contributed by atoms with van der Waals surface area (Å²) in [6.07, 6.45) is 3.57. The molecule has 0 bridgehead atoms. The molecule has 0 unspecified atom stereocenters. The molecular formula is C86H87Cl6N11O11. The molecule has 3 saturated carbocycles. The Balaban J connectivity index is 0.000000170. The van der Waals surface area contributed by atoms with Gasteiger partial charge in [-0.15, -0.1) is 12.4 Å². The Kier molecular flexibility index (Phi) is 27.4. The number of carbonyl (C=O) groups is 2. The van der Waals surface area contributed by atoms with Gasteiger partial charge >= 0.3 is 11.9 Å². The molecule has 15 atom stereocenters. The normalized spacial score (nSPS) is 22.5. The van der Waals surface area contributed by atoms with Crippen molar-refractivity contribution in [2.75, 3.05) is 5.43 Å². The number of esters is 2. The number of fused-ring (bicyclic) bond motifs is 4. The van der Waals surface area contributed by atoms with Gasteiger partial charge in [0, 0.05) is 51.4 Å². The van der Waals surface area contributed by atoms with Gasteiger partial charge in [-0.1, -0.05) is 202 Å². The first kappa shape index (κ1) is 85.4. The van der Waals surface area contributed by atoms with Crippen molar-refractivity contribution < 1.29 is 54.1 Å². The van der Waals surface area contributed by atoms with Gasteiger partial charge in [0.05, 0.1) is 69.8 Å². The van der Waals surface area contributed by atoms with Crippen LogP contribution in [-0.4, -0.2) is 123 Å². The second-order valence-electron chi connectivity index (χ2n) is 28.1. The molecule has 114 heavy (non-hydrogen) atoms. The number of halogens is 6. The Hall–Kier alpha value is -9.44. The first-order valence-electron chi connectivity index (χ1n) is 35.7. The lowest BCUT2D eigenvalue weighted by Gasteiger charge is -2.29. The first-order chi connectivity index (χ1) is 53.2. The van der Waals surface area contributed by atoms with Crippen LogP contribution < -0.4 is 11.3 Å². The number of benzene rings is 7. The number of nitrogen functional groups attached to an aromatic ring is 1. The summed E-state index contributed by atoms with van der Waals surface area (Å²) in [6, 6.07) is 60.2. The number of nitrogens with one attached hydrogen (secondary N) is 1. The summed E-state index contributed by atoms with van der Waals surface area (Å²) in [5.74, 6) is 2.84. The SMILES string of the molecule is C.C.C.CC1(C)O[C@@H]2[C@@H]([C@H](OC(=O)c3ccc(-c4ccccc4)cc3)c3ccc(Cl)cc3)C[C@@H](n3ccc4c(Cl)ncnc43)[C@@H]2O1.Cl.NNc1ncnc2c1ccn2[C@@H]1C[C@H]([C@H](O)c2ccc(Cl)cc2)[C@@H](O)[C@H]1O.O=C(O[C@H](c1ccc(Cl)cc1)[C@H]1C[C@@H](n2ccc3c(Cl)ncnc32)[C@H](O)[C@@H]1O)c1ccc(-c2ccccc2)cc1.